The standard InChI is InChI=1S/C11H17NO2S/c1-7-4-10(8(2)15-7)9(6-12)5-11(13)14-3/h4,9H,5-6,12H2,1-3H3. The maximum atomic E-state index is 11.2. The van der Waals surface area contributed by atoms with Gasteiger partial charge in [-0.05, 0) is 32.0 Å². The number of hydrogen-bond acceptors (Lipinski definition) is 4. The van der Waals surface area contributed by atoms with E-state index in [2.05, 4.69) is 24.7 Å². The maximum absolute atomic E-state index is 11.2. The Bertz CT molecular complexity index is 346. The second kappa shape index (κ2) is 5.28. The summed E-state index contributed by atoms with van der Waals surface area (Å²) in [5.41, 5.74) is 6.87. The molecular formula is C11H17NO2S. The molecular weight excluding hydrogens is 210 g/mol. The van der Waals surface area contributed by atoms with Crippen molar-refractivity contribution in [2.24, 2.45) is 5.73 Å². The largest absolute Gasteiger partial charge is 0.469 e. The zero-order chi connectivity index (χ0) is 11.4. The number of ether oxygens (including phenoxy) is 1. The summed E-state index contributed by atoms with van der Waals surface area (Å²) in [5.74, 6) is -0.115. The third-order valence-corrected chi connectivity index (χ3v) is 3.43. The van der Waals surface area contributed by atoms with E-state index in [9.17, 15) is 4.79 Å². The van der Waals surface area contributed by atoms with Gasteiger partial charge in [-0.2, -0.15) is 0 Å². The van der Waals surface area contributed by atoms with Crippen LogP contribution in [0, 0.1) is 13.8 Å². The summed E-state index contributed by atoms with van der Waals surface area (Å²) in [7, 11) is 1.40. The van der Waals surface area contributed by atoms with Gasteiger partial charge in [0.15, 0.2) is 0 Å². The molecule has 84 valence electrons. The first-order valence-corrected chi connectivity index (χ1v) is 5.74. The topological polar surface area (TPSA) is 52.3 Å². The predicted octanol–water partition coefficient (Wildman–Crippen LogP) is 1.97. The van der Waals surface area contributed by atoms with E-state index in [0.717, 1.165) is 0 Å². The van der Waals surface area contributed by atoms with E-state index < -0.39 is 0 Å². The lowest BCUT2D eigenvalue weighted by Crippen LogP contribution is -2.17. The second-order valence-corrected chi connectivity index (χ2v) is 5.04. The third kappa shape index (κ3) is 3.04. The summed E-state index contributed by atoms with van der Waals surface area (Å²) < 4.78 is 4.66. The predicted molar refractivity (Wildman–Crippen MR) is 62.2 cm³/mol. The van der Waals surface area contributed by atoms with Crippen molar-refractivity contribution in [3.8, 4) is 0 Å². The van der Waals surface area contributed by atoms with Gasteiger partial charge in [0, 0.05) is 15.7 Å². The monoisotopic (exact) mass is 227 g/mol. The molecule has 0 radical (unpaired) electrons. The van der Waals surface area contributed by atoms with E-state index in [-0.39, 0.29) is 11.9 Å². The summed E-state index contributed by atoms with van der Waals surface area (Å²) in [6.07, 6.45) is 0.365. The highest BCUT2D eigenvalue weighted by Gasteiger charge is 2.18. The van der Waals surface area contributed by atoms with Crippen molar-refractivity contribution in [1.82, 2.24) is 0 Å². The lowest BCUT2D eigenvalue weighted by molar-refractivity contribution is -0.141. The number of hydrogen-bond donors (Lipinski definition) is 1. The van der Waals surface area contributed by atoms with Crippen molar-refractivity contribution in [2.75, 3.05) is 13.7 Å². The molecule has 4 heteroatoms. The first kappa shape index (κ1) is 12.2. The zero-order valence-electron chi connectivity index (χ0n) is 9.37. The maximum Gasteiger partial charge on any atom is 0.306 e. The van der Waals surface area contributed by atoms with Gasteiger partial charge in [-0.1, -0.05) is 0 Å². The number of nitrogens with two attached hydrogens (primary N) is 1. The molecule has 0 fully saturated rings. The molecule has 1 unspecified atom stereocenters. The third-order valence-electron chi connectivity index (χ3n) is 2.44. The molecule has 1 aromatic heterocycles. The molecule has 1 atom stereocenters. The van der Waals surface area contributed by atoms with Gasteiger partial charge in [0.1, 0.15) is 0 Å². The molecule has 3 nitrogen and oxygen atoms in total. The van der Waals surface area contributed by atoms with Crippen LogP contribution in [0.4, 0.5) is 0 Å². The van der Waals surface area contributed by atoms with Crippen molar-refractivity contribution in [1.29, 1.82) is 0 Å². The fraction of sp³-hybridized carbons (Fsp3) is 0.545. The molecule has 0 saturated carbocycles. The molecule has 1 aromatic rings. The van der Waals surface area contributed by atoms with Crippen LogP contribution in [-0.4, -0.2) is 19.6 Å². The Morgan fingerprint density at radius 3 is 2.67 bits per heavy atom. The van der Waals surface area contributed by atoms with Gasteiger partial charge >= 0.3 is 5.97 Å². The summed E-state index contributed by atoms with van der Waals surface area (Å²) in [4.78, 5) is 13.7. The van der Waals surface area contributed by atoms with Gasteiger partial charge in [-0.25, -0.2) is 0 Å². The van der Waals surface area contributed by atoms with Crippen LogP contribution < -0.4 is 5.73 Å². The van der Waals surface area contributed by atoms with Crippen LogP contribution in [0.3, 0.4) is 0 Å². The summed E-state index contributed by atoms with van der Waals surface area (Å²) >= 11 is 1.74. The molecule has 0 bridgehead atoms. The quantitative estimate of drug-likeness (QED) is 0.800. The van der Waals surface area contributed by atoms with Crippen molar-refractivity contribution in [3.63, 3.8) is 0 Å². The molecule has 0 aromatic carbocycles. The molecule has 1 heterocycles. The minimum atomic E-state index is -0.200. The molecule has 0 saturated heterocycles. The minimum Gasteiger partial charge on any atom is -0.469 e. The Hall–Kier alpha value is -0.870. The van der Waals surface area contributed by atoms with Crippen LogP contribution in [0.15, 0.2) is 6.07 Å². The molecule has 2 N–H and O–H groups in total. The second-order valence-electron chi connectivity index (χ2n) is 3.58. The number of aryl methyl sites for hydroxylation is 2. The molecule has 0 aliphatic carbocycles. The number of carbonyl (C=O) groups excluding carboxylic acids is 1. The van der Waals surface area contributed by atoms with E-state index in [0.29, 0.717) is 13.0 Å². The zero-order valence-corrected chi connectivity index (χ0v) is 10.2. The van der Waals surface area contributed by atoms with E-state index >= 15 is 0 Å². The number of rotatable bonds is 4. The van der Waals surface area contributed by atoms with E-state index in [1.54, 1.807) is 11.3 Å². The SMILES string of the molecule is COC(=O)CC(CN)c1cc(C)sc1C. The lowest BCUT2D eigenvalue weighted by atomic mass is 9.96. The highest BCUT2D eigenvalue weighted by Crippen LogP contribution is 2.29. The van der Waals surface area contributed by atoms with Crippen molar-refractivity contribution < 1.29 is 9.53 Å². The summed E-state index contributed by atoms with van der Waals surface area (Å²) in [5, 5.41) is 0. The molecule has 0 aliphatic rings. The van der Waals surface area contributed by atoms with Crippen molar-refractivity contribution in [3.05, 3.63) is 21.4 Å². The van der Waals surface area contributed by atoms with Crippen molar-refractivity contribution >= 4 is 17.3 Å². The van der Waals surface area contributed by atoms with E-state index in [1.807, 2.05) is 0 Å². The fourth-order valence-corrected chi connectivity index (χ4v) is 2.67. The number of esters is 1. The highest BCUT2D eigenvalue weighted by molar-refractivity contribution is 7.12. The average molecular weight is 227 g/mol. The van der Waals surface area contributed by atoms with Crippen LogP contribution in [0.2, 0.25) is 0 Å². The van der Waals surface area contributed by atoms with Gasteiger partial charge in [0.2, 0.25) is 0 Å². The Labute approximate surface area is 94.2 Å². The Morgan fingerprint density at radius 2 is 2.27 bits per heavy atom. The van der Waals surface area contributed by atoms with Crippen LogP contribution in [-0.2, 0) is 9.53 Å². The lowest BCUT2D eigenvalue weighted by Gasteiger charge is -2.12. The van der Waals surface area contributed by atoms with Gasteiger partial charge in [-0.15, -0.1) is 11.3 Å². The Kier molecular flexibility index (Phi) is 4.29. The van der Waals surface area contributed by atoms with Gasteiger partial charge in [0.05, 0.1) is 13.5 Å². The molecule has 0 aliphatic heterocycles. The normalized spacial score (nSPS) is 12.5. The molecule has 0 amide bonds. The van der Waals surface area contributed by atoms with Crippen LogP contribution >= 0.6 is 11.3 Å². The summed E-state index contributed by atoms with van der Waals surface area (Å²) in [6.45, 7) is 4.60. The minimum absolute atomic E-state index is 0.0856. The Morgan fingerprint density at radius 1 is 1.60 bits per heavy atom. The number of methoxy groups -OCH3 is 1. The first-order valence-electron chi connectivity index (χ1n) is 4.92. The van der Waals surface area contributed by atoms with Crippen molar-refractivity contribution in [2.45, 2.75) is 26.2 Å². The van der Waals surface area contributed by atoms with Gasteiger partial charge in [0.25, 0.3) is 0 Å². The fourth-order valence-electron chi connectivity index (χ4n) is 1.66. The summed E-state index contributed by atoms with van der Waals surface area (Å²) in [6, 6.07) is 2.11. The molecule has 15 heavy (non-hydrogen) atoms. The Balaban J connectivity index is 2.82. The van der Waals surface area contributed by atoms with Crippen LogP contribution in [0.1, 0.15) is 27.7 Å². The van der Waals surface area contributed by atoms with Gasteiger partial charge in [-0.3, -0.25) is 4.79 Å². The van der Waals surface area contributed by atoms with Gasteiger partial charge < -0.3 is 10.5 Å². The number of thiophene rings is 1. The highest BCUT2D eigenvalue weighted by atomic mass is 32.1. The molecule has 1 rings (SSSR count). The number of carbonyl (C=O) groups is 1. The first-order chi connectivity index (χ1) is 7.08. The smallest absolute Gasteiger partial charge is 0.306 e. The van der Waals surface area contributed by atoms with Crippen LogP contribution in [0.25, 0.3) is 0 Å². The van der Waals surface area contributed by atoms with Crippen LogP contribution in [0.5, 0.6) is 0 Å². The average Bonchev–Trinajstić information content (AvgIpc) is 2.54. The van der Waals surface area contributed by atoms with E-state index in [4.69, 9.17) is 5.73 Å². The molecule has 0 spiro atoms. The van der Waals surface area contributed by atoms with E-state index in [1.165, 1.54) is 22.4 Å².